The highest BCUT2D eigenvalue weighted by molar-refractivity contribution is 6.99. The number of hydrogen-bond donors (Lipinski definition) is 1. The van der Waals surface area contributed by atoms with Gasteiger partial charge in [0.2, 0.25) is 0 Å². The fourth-order valence-electron chi connectivity index (χ4n) is 6.82. The number of carbonyl (C=O) groups excluding carboxylic acids is 1. The third kappa shape index (κ3) is 2.88. The van der Waals surface area contributed by atoms with Gasteiger partial charge in [0.15, 0.2) is 0 Å². The number of ketones is 1. The summed E-state index contributed by atoms with van der Waals surface area (Å²) in [4.78, 5) is 12.7. The zero-order valence-electron chi connectivity index (χ0n) is 18.1. The van der Waals surface area contributed by atoms with Crippen LogP contribution in [-0.4, -0.2) is 31.4 Å². The lowest BCUT2D eigenvalue weighted by Gasteiger charge is -2.45. The van der Waals surface area contributed by atoms with Crippen molar-refractivity contribution in [2.45, 2.75) is 57.3 Å². The first-order chi connectivity index (χ1) is 14.3. The summed E-state index contributed by atoms with van der Waals surface area (Å²) < 4.78 is 7.37. The largest absolute Gasteiger partial charge is 0.404 e. The second-order valence-electron chi connectivity index (χ2n) is 10.5. The summed E-state index contributed by atoms with van der Waals surface area (Å²) in [5.41, 5.74) is 0. The minimum Gasteiger partial charge on any atom is -0.404 e. The summed E-state index contributed by atoms with van der Waals surface area (Å²) in [6, 6.07) is 21.4. The van der Waals surface area contributed by atoms with Crippen molar-refractivity contribution in [3.05, 3.63) is 60.7 Å². The van der Waals surface area contributed by atoms with E-state index in [0.717, 1.165) is 12.8 Å². The van der Waals surface area contributed by atoms with Crippen LogP contribution in [0, 0.1) is 23.7 Å². The average Bonchev–Trinajstić information content (AvgIpc) is 3.35. The van der Waals surface area contributed by atoms with Crippen molar-refractivity contribution >= 4 is 24.5 Å². The molecule has 30 heavy (non-hydrogen) atoms. The molecule has 1 N–H and O–H groups in total. The molecule has 0 aliphatic heterocycles. The fraction of sp³-hybridized carbons (Fsp3) is 0.500. The second-order valence-corrected chi connectivity index (χ2v) is 14.8. The number of aliphatic hydroxyl groups excluding tert-OH is 1. The van der Waals surface area contributed by atoms with Gasteiger partial charge in [0.25, 0.3) is 8.32 Å². The smallest absolute Gasteiger partial charge is 0.261 e. The Morgan fingerprint density at radius 3 is 2.00 bits per heavy atom. The highest BCUT2D eigenvalue weighted by Gasteiger charge is 2.63. The van der Waals surface area contributed by atoms with Gasteiger partial charge < -0.3 is 9.53 Å². The van der Waals surface area contributed by atoms with Gasteiger partial charge in [0.05, 0.1) is 6.10 Å². The van der Waals surface area contributed by atoms with Crippen LogP contribution in [0.5, 0.6) is 0 Å². The van der Waals surface area contributed by atoms with E-state index >= 15 is 0 Å². The molecule has 2 aromatic rings. The molecule has 2 aromatic carbocycles. The van der Waals surface area contributed by atoms with E-state index < -0.39 is 8.32 Å². The molecule has 3 nitrogen and oxygen atoms in total. The monoisotopic (exact) mass is 420 g/mol. The Morgan fingerprint density at radius 1 is 0.900 bits per heavy atom. The van der Waals surface area contributed by atoms with Gasteiger partial charge in [-0.1, -0.05) is 81.4 Å². The molecule has 0 aromatic heterocycles. The molecule has 0 heterocycles. The average molecular weight is 421 g/mol. The normalized spacial score (nSPS) is 33.1. The lowest BCUT2D eigenvalue weighted by molar-refractivity contribution is -0.121. The van der Waals surface area contributed by atoms with Crippen LogP contribution in [0.1, 0.15) is 40.0 Å². The van der Waals surface area contributed by atoms with Gasteiger partial charge in [-0.25, -0.2) is 0 Å². The highest BCUT2D eigenvalue weighted by Crippen LogP contribution is 2.58. The first-order valence-electron chi connectivity index (χ1n) is 11.3. The Bertz CT molecular complexity index is 881. The van der Waals surface area contributed by atoms with E-state index in [1.54, 1.807) is 0 Å². The quantitative estimate of drug-likeness (QED) is 0.770. The van der Waals surface area contributed by atoms with Crippen molar-refractivity contribution in [2.24, 2.45) is 23.7 Å². The number of hydrogen-bond acceptors (Lipinski definition) is 3. The van der Waals surface area contributed by atoms with Crippen LogP contribution >= 0.6 is 0 Å². The van der Waals surface area contributed by atoms with Crippen molar-refractivity contribution in [1.29, 1.82) is 0 Å². The van der Waals surface area contributed by atoms with E-state index in [4.69, 9.17) is 4.43 Å². The lowest BCUT2D eigenvalue weighted by atomic mass is 9.92. The summed E-state index contributed by atoms with van der Waals surface area (Å²) in [5, 5.41) is 13.1. The zero-order chi connectivity index (χ0) is 21.1. The van der Waals surface area contributed by atoms with Crippen LogP contribution in [0.25, 0.3) is 0 Å². The molecule has 158 valence electrons. The van der Waals surface area contributed by atoms with E-state index in [0.29, 0.717) is 24.0 Å². The molecule has 3 aliphatic rings. The third-order valence-electron chi connectivity index (χ3n) is 8.02. The first-order valence-corrected chi connectivity index (χ1v) is 13.2. The van der Waals surface area contributed by atoms with E-state index in [9.17, 15) is 9.90 Å². The predicted octanol–water partition coefficient (Wildman–Crippen LogP) is 3.54. The topological polar surface area (TPSA) is 46.5 Å². The standard InChI is InChI=1S/C26H32O3Si/c1-26(2,3)30(17-10-6-4-7-11-17,18-12-8-5-9-13-18)29-24-16-20-22(27)14-19-23(28)15-21(24)25(19)20/h4-13,19-21,23-25,28H,14-16H2,1-3H3/t19-,20-,21-,23?,24-,25+/m0/s1. The molecule has 0 amide bonds. The Hall–Kier alpha value is -1.75. The maximum atomic E-state index is 12.7. The van der Waals surface area contributed by atoms with Gasteiger partial charge >= 0.3 is 0 Å². The molecule has 0 spiro atoms. The van der Waals surface area contributed by atoms with Crippen molar-refractivity contribution in [2.75, 3.05) is 0 Å². The van der Waals surface area contributed by atoms with E-state index in [1.165, 1.54) is 10.4 Å². The maximum absolute atomic E-state index is 12.7. The van der Waals surface area contributed by atoms with E-state index in [-0.39, 0.29) is 29.1 Å². The van der Waals surface area contributed by atoms with E-state index in [2.05, 4.69) is 81.4 Å². The van der Waals surface area contributed by atoms with Crippen molar-refractivity contribution in [3.8, 4) is 0 Å². The molecular weight excluding hydrogens is 388 g/mol. The third-order valence-corrected chi connectivity index (χ3v) is 13.1. The minimum absolute atomic E-state index is 0.0372. The number of Topliss-reactive ketones (excluding diaryl/α,β-unsaturated/α-hetero) is 1. The number of benzene rings is 2. The van der Waals surface area contributed by atoms with Gasteiger partial charge in [0, 0.05) is 18.4 Å². The van der Waals surface area contributed by atoms with Crippen molar-refractivity contribution in [1.82, 2.24) is 0 Å². The molecule has 0 bridgehead atoms. The summed E-state index contributed by atoms with van der Waals surface area (Å²) in [6.07, 6.45) is 1.86. The molecule has 4 heteroatoms. The van der Waals surface area contributed by atoms with Crippen LogP contribution in [0.15, 0.2) is 60.7 Å². The lowest BCUT2D eigenvalue weighted by Crippen LogP contribution is -2.68. The second kappa shape index (κ2) is 7.15. The molecule has 1 unspecified atom stereocenters. The Morgan fingerprint density at radius 2 is 1.47 bits per heavy atom. The van der Waals surface area contributed by atoms with Crippen molar-refractivity contribution in [3.63, 3.8) is 0 Å². The highest BCUT2D eigenvalue weighted by atomic mass is 28.4. The number of carbonyl (C=O) groups is 1. The molecule has 5 rings (SSSR count). The first kappa shape index (κ1) is 20.2. The molecule has 3 fully saturated rings. The Kier molecular flexibility index (Phi) is 4.80. The molecule has 0 radical (unpaired) electrons. The van der Waals surface area contributed by atoms with Crippen molar-refractivity contribution < 1.29 is 14.3 Å². The number of aliphatic hydroxyl groups is 1. The van der Waals surface area contributed by atoms with Crippen LogP contribution in [0.3, 0.4) is 0 Å². The summed E-state index contributed by atoms with van der Waals surface area (Å²) in [6.45, 7) is 6.89. The summed E-state index contributed by atoms with van der Waals surface area (Å²) >= 11 is 0. The molecule has 0 saturated heterocycles. The fourth-order valence-corrected chi connectivity index (χ4v) is 11.6. The van der Waals surface area contributed by atoms with Crippen LogP contribution < -0.4 is 10.4 Å². The van der Waals surface area contributed by atoms with Gasteiger partial charge in [-0.2, -0.15) is 0 Å². The molecule has 6 atom stereocenters. The maximum Gasteiger partial charge on any atom is 0.261 e. The number of rotatable bonds is 4. The zero-order valence-corrected chi connectivity index (χ0v) is 19.1. The molecule has 3 aliphatic carbocycles. The predicted molar refractivity (Wildman–Crippen MR) is 121 cm³/mol. The van der Waals surface area contributed by atoms with Gasteiger partial charge in [-0.15, -0.1) is 0 Å². The van der Waals surface area contributed by atoms with Crippen LogP contribution in [0.4, 0.5) is 0 Å². The summed E-state index contributed by atoms with van der Waals surface area (Å²) in [5.74, 6) is 1.20. The van der Waals surface area contributed by atoms with Crippen LogP contribution in [-0.2, 0) is 9.22 Å². The van der Waals surface area contributed by atoms with Gasteiger partial charge in [-0.05, 0) is 46.0 Å². The van der Waals surface area contributed by atoms with Crippen LogP contribution in [0.2, 0.25) is 5.04 Å². The van der Waals surface area contributed by atoms with Gasteiger partial charge in [-0.3, -0.25) is 4.79 Å². The summed E-state index contributed by atoms with van der Waals surface area (Å²) in [7, 11) is -2.64. The Balaban J connectivity index is 1.61. The van der Waals surface area contributed by atoms with E-state index in [1.807, 2.05) is 0 Å². The van der Waals surface area contributed by atoms with Gasteiger partial charge in [0.1, 0.15) is 5.78 Å². The molecular formula is C26H32O3Si. The minimum atomic E-state index is -2.64. The SMILES string of the molecule is CC(C)(C)[Si](O[C@H]1C[C@H]2C(=O)C[C@H]3C(O)C[C@@H]1[C@@H]23)(c1ccccc1)c1ccccc1. The Labute approximate surface area is 180 Å². The molecule has 3 saturated carbocycles.